The van der Waals surface area contributed by atoms with Gasteiger partial charge in [-0.05, 0) is 30.2 Å². The molecule has 0 bridgehead atoms. The fourth-order valence-electron chi connectivity index (χ4n) is 2.43. The number of carbonyl (C=O) groups is 1. The van der Waals surface area contributed by atoms with Gasteiger partial charge in [0.25, 0.3) is 0 Å². The maximum absolute atomic E-state index is 12.4. The summed E-state index contributed by atoms with van der Waals surface area (Å²) < 4.78 is 23.6. The van der Waals surface area contributed by atoms with Crippen LogP contribution in [0.3, 0.4) is 0 Å². The molecule has 0 radical (unpaired) electrons. The molecule has 2 aromatic carbocycles. The summed E-state index contributed by atoms with van der Waals surface area (Å²) >= 11 is 1.52. The van der Waals surface area contributed by atoms with Crippen molar-refractivity contribution in [2.75, 3.05) is 11.6 Å². The van der Waals surface area contributed by atoms with Crippen molar-refractivity contribution in [2.24, 2.45) is 0 Å². The van der Waals surface area contributed by atoms with E-state index in [4.69, 9.17) is 0 Å². The van der Waals surface area contributed by atoms with Crippen LogP contribution in [0.2, 0.25) is 0 Å². The Balaban J connectivity index is 1.80. The average molecular weight is 333 g/mol. The van der Waals surface area contributed by atoms with E-state index < -0.39 is 9.84 Å². The van der Waals surface area contributed by atoms with Gasteiger partial charge in [-0.2, -0.15) is 0 Å². The van der Waals surface area contributed by atoms with E-state index in [1.165, 1.54) is 17.8 Å². The number of sulfone groups is 1. The van der Waals surface area contributed by atoms with Gasteiger partial charge in [0, 0.05) is 11.2 Å². The fourth-order valence-corrected chi connectivity index (χ4v) is 4.47. The molecule has 0 fully saturated rings. The van der Waals surface area contributed by atoms with Crippen molar-refractivity contribution in [3.8, 4) is 0 Å². The first-order valence-corrected chi connectivity index (χ1v) is 9.57. The van der Waals surface area contributed by atoms with Gasteiger partial charge in [-0.25, -0.2) is 8.42 Å². The second kappa shape index (κ2) is 5.78. The molecule has 114 valence electrons. The molecule has 1 aliphatic rings. The Bertz CT molecular complexity index is 806. The van der Waals surface area contributed by atoms with Crippen LogP contribution in [0.15, 0.2) is 58.3 Å². The molecule has 1 N–H and O–H groups in total. The first-order valence-electron chi connectivity index (χ1n) is 6.79. The molecule has 0 saturated carbocycles. The molecule has 0 aliphatic carbocycles. The van der Waals surface area contributed by atoms with Gasteiger partial charge in [0.2, 0.25) is 5.91 Å². The smallest absolute Gasteiger partial charge is 0.238 e. The van der Waals surface area contributed by atoms with Crippen molar-refractivity contribution in [2.45, 2.75) is 21.5 Å². The molecule has 0 spiro atoms. The average Bonchev–Trinajstić information content (AvgIpc) is 2.90. The van der Waals surface area contributed by atoms with Crippen molar-refractivity contribution >= 4 is 33.2 Å². The number of fused-ring (bicyclic) bond motifs is 1. The molecule has 2 aromatic rings. The number of amides is 1. The number of carbonyl (C=O) groups excluding carboxylic acids is 1. The standard InChI is InChI=1S/C16H15NO3S2/c1-22(19,20)15-9-5-3-7-12(15)17-16(18)14-10-11-6-2-4-8-13(11)21-14/h2-9,14H,10H2,1H3,(H,17,18). The molecular weight excluding hydrogens is 318 g/mol. The first kappa shape index (κ1) is 15.1. The molecule has 1 amide bonds. The van der Waals surface area contributed by atoms with E-state index in [-0.39, 0.29) is 16.1 Å². The van der Waals surface area contributed by atoms with Gasteiger partial charge in [-0.1, -0.05) is 30.3 Å². The summed E-state index contributed by atoms with van der Waals surface area (Å²) in [5.74, 6) is -0.169. The number of thioether (sulfide) groups is 1. The normalized spacial score (nSPS) is 17.0. The molecular formula is C16H15NO3S2. The third kappa shape index (κ3) is 3.03. The lowest BCUT2D eigenvalue weighted by Crippen LogP contribution is -2.25. The summed E-state index contributed by atoms with van der Waals surface area (Å²) in [4.78, 5) is 13.7. The quantitative estimate of drug-likeness (QED) is 0.938. The highest BCUT2D eigenvalue weighted by Crippen LogP contribution is 2.37. The highest BCUT2D eigenvalue weighted by atomic mass is 32.2. The van der Waals surface area contributed by atoms with Gasteiger partial charge in [0.1, 0.15) is 0 Å². The maximum atomic E-state index is 12.4. The summed E-state index contributed by atoms with van der Waals surface area (Å²) in [7, 11) is -3.38. The molecule has 1 aliphatic heterocycles. The third-order valence-electron chi connectivity index (χ3n) is 3.48. The molecule has 0 saturated heterocycles. The first-order chi connectivity index (χ1) is 10.4. The SMILES string of the molecule is CS(=O)(=O)c1ccccc1NC(=O)C1Cc2ccccc2S1. The van der Waals surface area contributed by atoms with E-state index in [1.54, 1.807) is 18.2 Å². The van der Waals surface area contributed by atoms with Gasteiger partial charge in [0.15, 0.2) is 9.84 Å². The molecule has 3 rings (SSSR count). The van der Waals surface area contributed by atoms with Gasteiger partial charge < -0.3 is 5.32 Å². The van der Waals surface area contributed by atoms with Crippen molar-refractivity contribution < 1.29 is 13.2 Å². The zero-order chi connectivity index (χ0) is 15.7. The van der Waals surface area contributed by atoms with Crippen molar-refractivity contribution in [1.82, 2.24) is 0 Å². The Morgan fingerprint density at radius 3 is 2.55 bits per heavy atom. The minimum atomic E-state index is -3.38. The van der Waals surface area contributed by atoms with E-state index in [2.05, 4.69) is 5.32 Å². The number of anilines is 1. The van der Waals surface area contributed by atoms with Crippen LogP contribution in [0.5, 0.6) is 0 Å². The summed E-state index contributed by atoms with van der Waals surface area (Å²) in [6.07, 6.45) is 1.80. The van der Waals surface area contributed by atoms with Crippen molar-refractivity contribution in [3.63, 3.8) is 0 Å². The van der Waals surface area contributed by atoms with E-state index in [0.717, 1.165) is 16.7 Å². The Morgan fingerprint density at radius 1 is 1.14 bits per heavy atom. The maximum Gasteiger partial charge on any atom is 0.238 e. The van der Waals surface area contributed by atoms with E-state index in [1.807, 2.05) is 24.3 Å². The van der Waals surface area contributed by atoms with Crippen LogP contribution in [-0.4, -0.2) is 25.8 Å². The predicted octanol–water partition coefficient (Wildman–Crippen LogP) is 2.75. The monoisotopic (exact) mass is 333 g/mol. The second-order valence-electron chi connectivity index (χ2n) is 5.18. The lowest BCUT2D eigenvalue weighted by Gasteiger charge is -2.12. The van der Waals surface area contributed by atoms with Gasteiger partial charge in [-0.15, -0.1) is 11.8 Å². The molecule has 0 aromatic heterocycles. The number of rotatable bonds is 3. The summed E-state index contributed by atoms with van der Waals surface area (Å²) in [5.41, 5.74) is 1.50. The summed E-state index contributed by atoms with van der Waals surface area (Å²) in [5, 5.41) is 2.52. The molecule has 4 nitrogen and oxygen atoms in total. The minimum Gasteiger partial charge on any atom is -0.324 e. The number of nitrogens with one attached hydrogen (secondary N) is 1. The number of hydrogen-bond acceptors (Lipinski definition) is 4. The van der Waals surface area contributed by atoms with Crippen LogP contribution in [0.25, 0.3) is 0 Å². The Morgan fingerprint density at radius 2 is 1.82 bits per heavy atom. The number of hydrogen-bond donors (Lipinski definition) is 1. The van der Waals surface area contributed by atoms with Crippen LogP contribution in [0.1, 0.15) is 5.56 Å². The van der Waals surface area contributed by atoms with Crippen molar-refractivity contribution in [3.05, 3.63) is 54.1 Å². The molecule has 6 heteroatoms. The van der Waals surface area contributed by atoms with Crippen LogP contribution in [0.4, 0.5) is 5.69 Å². The Kier molecular flexibility index (Phi) is 3.97. The Hall–Kier alpha value is -1.79. The molecule has 22 heavy (non-hydrogen) atoms. The lowest BCUT2D eigenvalue weighted by atomic mass is 10.1. The van der Waals surface area contributed by atoms with Gasteiger partial charge in [-0.3, -0.25) is 4.79 Å². The van der Waals surface area contributed by atoms with Gasteiger partial charge >= 0.3 is 0 Å². The topological polar surface area (TPSA) is 63.2 Å². The minimum absolute atomic E-state index is 0.142. The van der Waals surface area contributed by atoms with E-state index in [0.29, 0.717) is 12.1 Å². The molecule has 1 atom stereocenters. The van der Waals surface area contributed by atoms with Crippen molar-refractivity contribution in [1.29, 1.82) is 0 Å². The third-order valence-corrected chi connectivity index (χ3v) is 5.96. The van der Waals surface area contributed by atoms with Crippen LogP contribution >= 0.6 is 11.8 Å². The highest BCUT2D eigenvalue weighted by Gasteiger charge is 2.28. The fraction of sp³-hybridized carbons (Fsp3) is 0.188. The van der Waals surface area contributed by atoms with Gasteiger partial charge in [0.05, 0.1) is 15.8 Å². The second-order valence-corrected chi connectivity index (χ2v) is 8.40. The predicted molar refractivity (Wildman–Crippen MR) is 88.0 cm³/mol. The number of para-hydroxylation sites is 1. The Labute approximate surface area is 133 Å². The largest absolute Gasteiger partial charge is 0.324 e. The molecule has 1 unspecified atom stereocenters. The lowest BCUT2D eigenvalue weighted by molar-refractivity contribution is -0.115. The van der Waals surface area contributed by atoms with Crippen LogP contribution < -0.4 is 5.32 Å². The van der Waals surface area contributed by atoms with Crippen LogP contribution in [0, 0.1) is 0 Å². The summed E-state index contributed by atoms with van der Waals surface area (Å²) in [6.45, 7) is 0. The zero-order valence-electron chi connectivity index (χ0n) is 11.9. The van der Waals surface area contributed by atoms with E-state index in [9.17, 15) is 13.2 Å². The zero-order valence-corrected chi connectivity index (χ0v) is 13.6. The van der Waals surface area contributed by atoms with Crippen LogP contribution in [-0.2, 0) is 21.1 Å². The summed E-state index contributed by atoms with van der Waals surface area (Å²) in [6, 6.07) is 14.4. The highest BCUT2D eigenvalue weighted by molar-refractivity contribution is 8.01. The van der Waals surface area contributed by atoms with E-state index >= 15 is 0 Å². The molecule has 1 heterocycles. The number of benzene rings is 2.